The zero-order valence-electron chi connectivity index (χ0n) is 14.6. The van der Waals surface area contributed by atoms with Crippen LogP contribution in [0.25, 0.3) is 0 Å². The molecule has 2 aromatic rings. The third-order valence-corrected chi connectivity index (χ3v) is 4.45. The van der Waals surface area contributed by atoms with Gasteiger partial charge in [0.1, 0.15) is 0 Å². The van der Waals surface area contributed by atoms with Gasteiger partial charge in [0.25, 0.3) is 0 Å². The monoisotopic (exact) mass is 340 g/mol. The molecule has 0 aliphatic carbocycles. The number of hydrogen-bond acceptors (Lipinski definition) is 4. The number of hydrogen-bond donors (Lipinski definition) is 0. The third-order valence-electron chi connectivity index (χ3n) is 4.45. The van der Waals surface area contributed by atoms with E-state index in [1.807, 2.05) is 30.3 Å². The molecule has 1 aromatic heterocycles. The first-order valence-electron chi connectivity index (χ1n) is 8.64. The number of carbonyl (C=O) groups excluding carboxylic acids is 1. The van der Waals surface area contributed by atoms with Crippen molar-refractivity contribution in [2.24, 2.45) is 0 Å². The first kappa shape index (κ1) is 17.6. The van der Waals surface area contributed by atoms with Gasteiger partial charge >= 0.3 is 0 Å². The number of benzene rings is 1. The maximum absolute atomic E-state index is 12.9. The fourth-order valence-corrected chi connectivity index (χ4v) is 3.11. The molecule has 0 fully saturated rings. The SMILES string of the molecule is COCCN(Cc1ccccn1)C(=O)CC1OCCc2ccccc21. The molecule has 0 saturated heterocycles. The summed E-state index contributed by atoms with van der Waals surface area (Å²) in [5.41, 5.74) is 3.28. The molecule has 0 saturated carbocycles. The Morgan fingerprint density at radius 1 is 1.28 bits per heavy atom. The van der Waals surface area contributed by atoms with E-state index >= 15 is 0 Å². The third kappa shape index (κ3) is 4.65. The van der Waals surface area contributed by atoms with Gasteiger partial charge in [-0.25, -0.2) is 0 Å². The smallest absolute Gasteiger partial charge is 0.225 e. The van der Waals surface area contributed by atoms with E-state index in [0.717, 1.165) is 17.7 Å². The van der Waals surface area contributed by atoms with Crippen LogP contribution in [0.1, 0.15) is 29.3 Å². The molecule has 1 aromatic carbocycles. The Balaban J connectivity index is 1.70. The zero-order valence-corrected chi connectivity index (χ0v) is 14.6. The van der Waals surface area contributed by atoms with E-state index in [2.05, 4.69) is 17.1 Å². The normalized spacial score (nSPS) is 16.3. The predicted octanol–water partition coefficient (Wildman–Crippen LogP) is 2.76. The van der Waals surface area contributed by atoms with Crippen LogP contribution >= 0.6 is 0 Å². The largest absolute Gasteiger partial charge is 0.383 e. The second-order valence-corrected chi connectivity index (χ2v) is 6.14. The molecule has 0 radical (unpaired) electrons. The predicted molar refractivity (Wildman–Crippen MR) is 95.0 cm³/mol. The molecule has 0 N–H and O–H groups in total. The maximum Gasteiger partial charge on any atom is 0.225 e. The van der Waals surface area contributed by atoms with Crippen LogP contribution in [0.15, 0.2) is 48.7 Å². The van der Waals surface area contributed by atoms with Crippen molar-refractivity contribution < 1.29 is 14.3 Å². The van der Waals surface area contributed by atoms with Crippen LogP contribution in [0.5, 0.6) is 0 Å². The lowest BCUT2D eigenvalue weighted by molar-refractivity contribution is -0.136. The number of fused-ring (bicyclic) bond motifs is 1. The molecule has 1 aliphatic rings. The molecule has 1 amide bonds. The standard InChI is InChI=1S/C20H24N2O3/c1-24-13-11-22(15-17-7-4-5-10-21-17)20(23)14-19-18-8-3-2-6-16(18)9-12-25-19/h2-8,10,19H,9,11-15H2,1H3. The number of aromatic nitrogens is 1. The fraction of sp³-hybridized carbons (Fsp3) is 0.400. The Morgan fingerprint density at radius 2 is 2.12 bits per heavy atom. The molecule has 132 valence electrons. The van der Waals surface area contributed by atoms with Gasteiger partial charge in [0.2, 0.25) is 5.91 Å². The minimum atomic E-state index is -0.175. The van der Waals surface area contributed by atoms with Crippen LogP contribution in [-0.4, -0.2) is 42.7 Å². The van der Waals surface area contributed by atoms with E-state index in [0.29, 0.717) is 32.7 Å². The van der Waals surface area contributed by atoms with Gasteiger partial charge in [0.05, 0.1) is 38.0 Å². The Kier molecular flexibility index (Phi) is 6.14. The van der Waals surface area contributed by atoms with Crippen LogP contribution in [0, 0.1) is 0 Å². The molecule has 5 heteroatoms. The van der Waals surface area contributed by atoms with Gasteiger partial charge in [0.15, 0.2) is 0 Å². The summed E-state index contributed by atoms with van der Waals surface area (Å²) in [6.45, 7) is 2.19. The summed E-state index contributed by atoms with van der Waals surface area (Å²) in [6, 6.07) is 14.0. The highest BCUT2D eigenvalue weighted by Crippen LogP contribution is 2.30. The lowest BCUT2D eigenvalue weighted by atomic mass is 9.95. The van der Waals surface area contributed by atoms with Crippen molar-refractivity contribution in [3.05, 3.63) is 65.5 Å². The number of nitrogens with zero attached hydrogens (tertiary/aromatic N) is 2. The van der Waals surface area contributed by atoms with Crippen molar-refractivity contribution in [3.63, 3.8) is 0 Å². The number of amides is 1. The van der Waals surface area contributed by atoms with Crippen molar-refractivity contribution in [1.29, 1.82) is 0 Å². The maximum atomic E-state index is 12.9. The number of rotatable bonds is 7. The van der Waals surface area contributed by atoms with Crippen LogP contribution in [-0.2, 0) is 27.2 Å². The van der Waals surface area contributed by atoms with Gasteiger partial charge in [-0.3, -0.25) is 9.78 Å². The molecule has 0 bridgehead atoms. The van der Waals surface area contributed by atoms with E-state index < -0.39 is 0 Å². The first-order chi connectivity index (χ1) is 12.3. The lowest BCUT2D eigenvalue weighted by Gasteiger charge is -2.28. The van der Waals surface area contributed by atoms with Crippen LogP contribution < -0.4 is 0 Å². The number of methoxy groups -OCH3 is 1. The summed E-state index contributed by atoms with van der Waals surface area (Å²) in [6.07, 6.45) is 2.82. The molecule has 0 spiro atoms. The Bertz CT molecular complexity index is 690. The van der Waals surface area contributed by atoms with E-state index in [1.54, 1.807) is 18.2 Å². The van der Waals surface area contributed by atoms with E-state index in [-0.39, 0.29) is 12.0 Å². The highest BCUT2D eigenvalue weighted by molar-refractivity contribution is 5.77. The number of pyridine rings is 1. The van der Waals surface area contributed by atoms with Crippen molar-refractivity contribution in [3.8, 4) is 0 Å². The Labute approximate surface area is 148 Å². The number of carbonyl (C=O) groups is 1. The molecule has 1 atom stereocenters. The van der Waals surface area contributed by atoms with E-state index in [1.165, 1.54) is 5.56 Å². The average Bonchev–Trinajstić information content (AvgIpc) is 2.66. The van der Waals surface area contributed by atoms with E-state index in [4.69, 9.17) is 9.47 Å². The fourth-order valence-electron chi connectivity index (χ4n) is 3.11. The first-order valence-corrected chi connectivity index (χ1v) is 8.64. The summed E-state index contributed by atoms with van der Waals surface area (Å²) >= 11 is 0. The summed E-state index contributed by atoms with van der Waals surface area (Å²) < 4.78 is 11.0. The molecule has 1 unspecified atom stereocenters. The molecule has 25 heavy (non-hydrogen) atoms. The minimum absolute atomic E-state index is 0.0596. The van der Waals surface area contributed by atoms with Crippen LogP contribution in [0.2, 0.25) is 0 Å². The summed E-state index contributed by atoms with van der Waals surface area (Å²) in [5.74, 6) is 0.0596. The number of ether oxygens (including phenoxy) is 2. The van der Waals surface area contributed by atoms with Gasteiger partial charge < -0.3 is 14.4 Å². The topological polar surface area (TPSA) is 51.7 Å². The van der Waals surface area contributed by atoms with Crippen molar-refractivity contribution in [1.82, 2.24) is 9.88 Å². The van der Waals surface area contributed by atoms with Gasteiger partial charge in [-0.2, -0.15) is 0 Å². The summed E-state index contributed by atoms with van der Waals surface area (Å²) in [7, 11) is 1.64. The molecule has 5 nitrogen and oxygen atoms in total. The summed E-state index contributed by atoms with van der Waals surface area (Å²) in [5, 5.41) is 0. The molecule has 1 aliphatic heterocycles. The molecular formula is C20H24N2O3. The Morgan fingerprint density at radius 3 is 2.92 bits per heavy atom. The van der Waals surface area contributed by atoms with Gasteiger partial charge in [0, 0.05) is 19.9 Å². The Hall–Kier alpha value is -2.24. The van der Waals surface area contributed by atoms with Crippen molar-refractivity contribution in [2.75, 3.05) is 26.9 Å². The second kappa shape index (κ2) is 8.74. The van der Waals surface area contributed by atoms with Crippen molar-refractivity contribution in [2.45, 2.75) is 25.5 Å². The van der Waals surface area contributed by atoms with Gasteiger partial charge in [-0.05, 0) is 29.7 Å². The van der Waals surface area contributed by atoms with Crippen LogP contribution in [0.4, 0.5) is 0 Å². The quantitative estimate of drug-likeness (QED) is 0.778. The van der Waals surface area contributed by atoms with Crippen molar-refractivity contribution >= 4 is 5.91 Å². The van der Waals surface area contributed by atoms with E-state index in [9.17, 15) is 4.79 Å². The molecule has 3 rings (SSSR count). The summed E-state index contributed by atoms with van der Waals surface area (Å²) in [4.78, 5) is 19.0. The highest BCUT2D eigenvalue weighted by atomic mass is 16.5. The highest BCUT2D eigenvalue weighted by Gasteiger charge is 2.25. The lowest BCUT2D eigenvalue weighted by Crippen LogP contribution is -2.35. The molecular weight excluding hydrogens is 316 g/mol. The minimum Gasteiger partial charge on any atom is -0.383 e. The second-order valence-electron chi connectivity index (χ2n) is 6.14. The van der Waals surface area contributed by atoms with Crippen LogP contribution in [0.3, 0.4) is 0 Å². The molecule has 2 heterocycles. The zero-order chi connectivity index (χ0) is 17.5. The van der Waals surface area contributed by atoms with Gasteiger partial charge in [-0.1, -0.05) is 30.3 Å². The average molecular weight is 340 g/mol. The van der Waals surface area contributed by atoms with Gasteiger partial charge in [-0.15, -0.1) is 0 Å².